The molecule has 1 aromatic heterocycles. The van der Waals surface area contributed by atoms with Crippen LogP contribution in [0, 0.1) is 10.1 Å². The van der Waals surface area contributed by atoms with Gasteiger partial charge < -0.3 is 10.1 Å². The van der Waals surface area contributed by atoms with Crippen LogP contribution in [0.3, 0.4) is 0 Å². The number of rotatable bonds is 9. The highest BCUT2D eigenvalue weighted by atomic mass is 16.6. The summed E-state index contributed by atoms with van der Waals surface area (Å²) in [5, 5.41) is 14.0. The average molecular weight is 268 g/mol. The zero-order valence-electron chi connectivity index (χ0n) is 11.4. The minimum Gasteiger partial charge on any atom is -0.473 e. The Kier molecular flexibility index (Phi) is 6.56. The molecule has 0 radical (unpaired) electrons. The Morgan fingerprint density at radius 2 is 2.11 bits per heavy atom. The molecule has 1 aromatic rings. The Labute approximate surface area is 112 Å². The van der Waals surface area contributed by atoms with E-state index in [1.807, 2.05) is 0 Å². The van der Waals surface area contributed by atoms with Gasteiger partial charge in [0.05, 0.1) is 11.5 Å². The molecule has 1 heterocycles. The van der Waals surface area contributed by atoms with Crippen LogP contribution in [-0.2, 0) is 0 Å². The second-order valence-electron chi connectivity index (χ2n) is 4.05. The molecule has 0 aliphatic rings. The van der Waals surface area contributed by atoms with E-state index in [0.29, 0.717) is 13.2 Å². The fraction of sp³-hybridized carbons (Fsp3) is 0.667. The Balaban J connectivity index is 2.70. The van der Waals surface area contributed by atoms with E-state index in [2.05, 4.69) is 22.2 Å². The normalized spacial score (nSPS) is 10.2. The first-order valence-electron chi connectivity index (χ1n) is 6.56. The molecule has 1 rings (SSSR count). The van der Waals surface area contributed by atoms with E-state index in [0.717, 1.165) is 25.7 Å². The number of hydrogen-bond donors (Lipinski definition) is 1. The van der Waals surface area contributed by atoms with Crippen molar-refractivity contribution in [3.8, 4) is 5.88 Å². The summed E-state index contributed by atoms with van der Waals surface area (Å²) in [6, 6.07) is 0. The van der Waals surface area contributed by atoms with E-state index in [-0.39, 0.29) is 17.4 Å². The molecule has 0 unspecified atom stereocenters. The third-order valence-electron chi connectivity index (χ3n) is 2.58. The monoisotopic (exact) mass is 268 g/mol. The maximum Gasteiger partial charge on any atom is 0.372 e. The van der Waals surface area contributed by atoms with Gasteiger partial charge >= 0.3 is 5.69 Å². The van der Waals surface area contributed by atoms with Gasteiger partial charge in [-0.05, 0) is 13.3 Å². The van der Waals surface area contributed by atoms with Crippen molar-refractivity contribution >= 4 is 11.5 Å². The van der Waals surface area contributed by atoms with E-state index in [9.17, 15) is 10.1 Å². The molecule has 0 aromatic carbocycles. The van der Waals surface area contributed by atoms with E-state index >= 15 is 0 Å². The van der Waals surface area contributed by atoms with Crippen molar-refractivity contribution in [3.05, 3.63) is 16.4 Å². The van der Waals surface area contributed by atoms with Crippen LogP contribution in [0.25, 0.3) is 0 Å². The molecule has 0 saturated carbocycles. The van der Waals surface area contributed by atoms with E-state index in [4.69, 9.17) is 4.74 Å². The van der Waals surface area contributed by atoms with E-state index < -0.39 is 4.92 Å². The van der Waals surface area contributed by atoms with Gasteiger partial charge in [0.2, 0.25) is 5.82 Å². The summed E-state index contributed by atoms with van der Waals surface area (Å²) in [4.78, 5) is 18.3. The summed E-state index contributed by atoms with van der Waals surface area (Å²) in [6.07, 6.45) is 5.64. The molecular weight excluding hydrogens is 248 g/mol. The third kappa shape index (κ3) is 4.69. The predicted molar refractivity (Wildman–Crippen MR) is 72.5 cm³/mol. The average Bonchev–Trinajstić information content (AvgIpc) is 2.38. The van der Waals surface area contributed by atoms with Crippen LogP contribution in [0.5, 0.6) is 5.88 Å². The maximum absolute atomic E-state index is 11.1. The lowest BCUT2D eigenvalue weighted by atomic mass is 10.2. The minimum absolute atomic E-state index is 0.0126. The van der Waals surface area contributed by atoms with Gasteiger partial charge in [-0.2, -0.15) is 4.98 Å². The molecular formula is C12H20N4O3. The van der Waals surface area contributed by atoms with Crippen molar-refractivity contribution < 1.29 is 9.66 Å². The zero-order chi connectivity index (χ0) is 14.1. The first-order chi connectivity index (χ1) is 9.20. The van der Waals surface area contributed by atoms with Crippen molar-refractivity contribution in [3.63, 3.8) is 0 Å². The largest absolute Gasteiger partial charge is 0.473 e. The Morgan fingerprint density at radius 1 is 1.32 bits per heavy atom. The SMILES string of the molecule is CCCCCCNc1ncnc(OCC)c1[N+](=O)[O-]. The maximum atomic E-state index is 11.1. The van der Waals surface area contributed by atoms with Crippen molar-refractivity contribution in [2.45, 2.75) is 39.5 Å². The van der Waals surface area contributed by atoms with Gasteiger partial charge in [-0.25, -0.2) is 4.98 Å². The minimum atomic E-state index is -0.515. The molecule has 106 valence electrons. The highest BCUT2D eigenvalue weighted by molar-refractivity contribution is 5.60. The van der Waals surface area contributed by atoms with Gasteiger partial charge in [-0.15, -0.1) is 0 Å². The van der Waals surface area contributed by atoms with Crippen LogP contribution in [0.1, 0.15) is 39.5 Å². The van der Waals surface area contributed by atoms with E-state index in [1.54, 1.807) is 6.92 Å². The van der Waals surface area contributed by atoms with Gasteiger partial charge in [0.15, 0.2) is 0 Å². The van der Waals surface area contributed by atoms with Crippen LogP contribution in [0.4, 0.5) is 11.5 Å². The van der Waals surface area contributed by atoms with Crippen molar-refractivity contribution in [1.29, 1.82) is 0 Å². The highest BCUT2D eigenvalue weighted by Crippen LogP contribution is 2.30. The topological polar surface area (TPSA) is 90.2 Å². The molecule has 0 saturated heterocycles. The smallest absolute Gasteiger partial charge is 0.372 e. The zero-order valence-corrected chi connectivity index (χ0v) is 11.4. The number of unbranched alkanes of at least 4 members (excludes halogenated alkanes) is 3. The first-order valence-corrected chi connectivity index (χ1v) is 6.56. The fourth-order valence-electron chi connectivity index (χ4n) is 1.66. The Morgan fingerprint density at radius 3 is 2.74 bits per heavy atom. The third-order valence-corrected chi connectivity index (χ3v) is 2.58. The number of nitrogens with zero attached hydrogens (tertiary/aromatic N) is 3. The van der Waals surface area contributed by atoms with Crippen molar-refractivity contribution in [2.24, 2.45) is 0 Å². The molecule has 0 amide bonds. The molecule has 19 heavy (non-hydrogen) atoms. The van der Waals surface area contributed by atoms with Gasteiger partial charge in [0.25, 0.3) is 5.88 Å². The summed E-state index contributed by atoms with van der Waals surface area (Å²) in [5.74, 6) is 0.235. The van der Waals surface area contributed by atoms with Gasteiger partial charge in [0.1, 0.15) is 6.33 Å². The summed E-state index contributed by atoms with van der Waals surface area (Å²) in [6.45, 7) is 4.87. The molecule has 7 heteroatoms. The molecule has 0 aliphatic heterocycles. The van der Waals surface area contributed by atoms with Crippen molar-refractivity contribution in [2.75, 3.05) is 18.5 Å². The lowest BCUT2D eigenvalue weighted by molar-refractivity contribution is -0.385. The number of nitrogens with one attached hydrogen (secondary N) is 1. The molecule has 0 bridgehead atoms. The summed E-state index contributed by atoms with van der Waals surface area (Å²) >= 11 is 0. The molecule has 7 nitrogen and oxygen atoms in total. The van der Waals surface area contributed by atoms with Gasteiger partial charge in [-0.3, -0.25) is 10.1 Å². The molecule has 0 fully saturated rings. The second kappa shape index (κ2) is 8.23. The highest BCUT2D eigenvalue weighted by Gasteiger charge is 2.23. The lowest BCUT2D eigenvalue weighted by Gasteiger charge is -2.08. The molecule has 1 N–H and O–H groups in total. The Bertz CT molecular complexity index is 412. The number of hydrogen-bond acceptors (Lipinski definition) is 6. The summed E-state index contributed by atoms with van der Waals surface area (Å²) in [7, 11) is 0. The number of anilines is 1. The van der Waals surface area contributed by atoms with E-state index in [1.165, 1.54) is 6.33 Å². The number of nitro groups is 1. The molecule has 0 atom stereocenters. The second-order valence-corrected chi connectivity index (χ2v) is 4.05. The van der Waals surface area contributed by atoms with Crippen LogP contribution >= 0.6 is 0 Å². The lowest BCUT2D eigenvalue weighted by Crippen LogP contribution is -2.09. The summed E-state index contributed by atoms with van der Waals surface area (Å²) < 4.78 is 5.15. The van der Waals surface area contributed by atoms with Crippen molar-refractivity contribution in [1.82, 2.24) is 9.97 Å². The standard InChI is InChI=1S/C12H20N4O3/c1-3-5-6-7-8-13-11-10(16(17)18)12(19-4-2)15-9-14-11/h9H,3-8H2,1-2H3,(H,13,14,15). The van der Waals surface area contributed by atoms with Crippen LogP contribution in [0.2, 0.25) is 0 Å². The Hall–Kier alpha value is -1.92. The van der Waals surface area contributed by atoms with Crippen LogP contribution in [-0.4, -0.2) is 28.0 Å². The number of ether oxygens (including phenoxy) is 1. The fourth-order valence-corrected chi connectivity index (χ4v) is 1.66. The van der Waals surface area contributed by atoms with Gasteiger partial charge in [-0.1, -0.05) is 26.2 Å². The number of aromatic nitrogens is 2. The van der Waals surface area contributed by atoms with Crippen LogP contribution in [0.15, 0.2) is 6.33 Å². The first kappa shape index (κ1) is 15.1. The quantitative estimate of drug-likeness (QED) is 0.420. The predicted octanol–water partition coefficient (Wildman–Crippen LogP) is 2.78. The van der Waals surface area contributed by atoms with Crippen LogP contribution < -0.4 is 10.1 Å². The molecule has 0 spiro atoms. The molecule has 0 aliphatic carbocycles. The summed E-state index contributed by atoms with van der Waals surface area (Å²) in [5.41, 5.74) is -0.195. The van der Waals surface area contributed by atoms with Gasteiger partial charge in [0, 0.05) is 6.54 Å².